The standard InChI is InChI=1S/C16H16N4O2S/c21-23(22,13-7-2-1-3-8-13)20-12-6-9-14(20)16-18-17-15-10-4-5-11-19(15)16/h1-5,7-8,10-11,14H,6,9,12H2/t14-/m0/s1. The van der Waals surface area contributed by atoms with Gasteiger partial charge in [-0.15, -0.1) is 10.2 Å². The lowest BCUT2D eigenvalue weighted by Gasteiger charge is -2.22. The van der Waals surface area contributed by atoms with Gasteiger partial charge in [0.05, 0.1) is 10.9 Å². The molecule has 7 heteroatoms. The molecule has 6 nitrogen and oxygen atoms in total. The molecule has 0 bridgehead atoms. The van der Waals surface area contributed by atoms with Crippen LogP contribution in [0.4, 0.5) is 0 Å². The van der Waals surface area contributed by atoms with Gasteiger partial charge in [-0.05, 0) is 37.1 Å². The number of benzene rings is 1. The molecular formula is C16H16N4O2S. The number of hydrogen-bond donors (Lipinski definition) is 0. The highest BCUT2D eigenvalue weighted by atomic mass is 32.2. The summed E-state index contributed by atoms with van der Waals surface area (Å²) in [5, 5.41) is 8.39. The Balaban J connectivity index is 1.78. The number of fused-ring (bicyclic) bond motifs is 1. The molecule has 1 atom stereocenters. The van der Waals surface area contributed by atoms with E-state index in [4.69, 9.17) is 0 Å². The maximum Gasteiger partial charge on any atom is 0.243 e. The van der Waals surface area contributed by atoms with Crippen molar-refractivity contribution in [1.29, 1.82) is 0 Å². The Morgan fingerprint density at radius 2 is 1.78 bits per heavy atom. The summed E-state index contributed by atoms with van der Waals surface area (Å²) in [4.78, 5) is 0.320. The Morgan fingerprint density at radius 3 is 2.61 bits per heavy atom. The minimum atomic E-state index is -3.53. The molecule has 0 radical (unpaired) electrons. The minimum Gasteiger partial charge on any atom is -0.285 e. The number of nitrogens with zero attached hydrogens (tertiary/aromatic N) is 4. The molecule has 0 N–H and O–H groups in total. The van der Waals surface area contributed by atoms with Gasteiger partial charge in [0.2, 0.25) is 10.0 Å². The van der Waals surface area contributed by atoms with Crippen LogP contribution in [0.25, 0.3) is 5.65 Å². The average molecular weight is 328 g/mol. The summed E-state index contributed by atoms with van der Waals surface area (Å²) in [6.07, 6.45) is 3.44. The van der Waals surface area contributed by atoms with Crippen LogP contribution < -0.4 is 0 Å². The van der Waals surface area contributed by atoms with Crippen LogP contribution in [0.15, 0.2) is 59.6 Å². The molecule has 1 aliphatic heterocycles. The molecule has 3 aromatic rings. The van der Waals surface area contributed by atoms with Crippen molar-refractivity contribution in [3.8, 4) is 0 Å². The van der Waals surface area contributed by atoms with Crippen LogP contribution in [-0.4, -0.2) is 33.9 Å². The number of aromatic nitrogens is 3. The Kier molecular flexibility index (Phi) is 3.39. The summed E-state index contributed by atoms with van der Waals surface area (Å²) in [6.45, 7) is 0.504. The van der Waals surface area contributed by atoms with Gasteiger partial charge < -0.3 is 0 Å². The fourth-order valence-electron chi connectivity index (χ4n) is 3.10. The molecule has 4 rings (SSSR count). The van der Waals surface area contributed by atoms with Crippen molar-refractivity contribution < 1.29 is 8.42 Å². The molecule has 3 heterocycles. The lowest BCUT2D eigenvalue weighted by atomic mass is 10.2. The zero-order valence-electron chi connectivity index (χ0n) is 12.4. The molecule has 1 saturated heterocycles. The van der Waals surface area contributed by atoms with Crippen molar-refractivity contribution in [3.05, 3.63) is 60.6 Å². The summed E-state index contributed by atoms with van der Waals surface area (Å²) < 4.78 is 29.3. The van der Waals surface area contributed by atoms with Gasteiger partial charge >= 0.3 is 0 Å². The highest BCUT2D eigenvalue weighted by Crippen LogP contribution is 2.35. The summed E-state index contributed by atoms with van der Waals surface area (Å²) in [6, 6.07) is 13.9. The van der Waals surface area contributed by atoms with Crippen molar-refractivity contribution in [2.24, 2.45) is 0 Å². The van der Waals surface area contributed by atoms with E-state index >= 15 is 0 Å². The van der Waals surface area contributed by atoms with Crippen LogP contribution in [-0.2, 0) is 10.0 Å². The van der Waals surface area contributed by atoms with Crippen LogP contribution in [0.3, 0.4) is 0 Å². The van der Waals surface area contributed by atoms with E-state index in [2.05, 4.69) is 10.2 Å². The molecule has 118 valence electrons. The average Bonchev–Trinajstić information content (AvgIpc) is 3.22. The second kappa shape index (κ2) is 5.43. The fraction of sp³-hybridized carbons (Fsp3) is 0.250. The number of sulfonamides is 1. The van der Waals surface area contributed by atoms with E-state index < -0.39 is 10.0 Å². The Labute approximate surface area is 134 Å². The smallest absolute Gasteiger partial charge is 0.243 e. The van der Waals surface area contributed by atoms with Gasteiger partial charge in [0.1, 0.15) is 0 Å². The molecule has 2 aromatic heterocycles. The lowest BCUT2D eigenvalue weighted by Crippen LogP contribution is -2.31. The van der Waals surface area contributed by atoms with Crippen LogP contribution in [0.5, 0.6) is 0 Å². The molecular weight excluding hydrogens is 312 g/mol. The van der Waals surface area contributed by atoms with E-state index in [1.165, 1.54) is 0 Å². The Morgan fingerprint density at radius 1 is 1.00 bits per heavy atom. The first kappa shape index (κ1) is 14.3. The molecule has 1 fully saturated rings. The van der Waals surface area contributed by atoms with Gasteiger partial charge in [-0.2, -0.15) is 4.31 Å². The number of rotatable bonds is 3. The van der Waals surface area contributed by atoms with Crippen molar-refractivity contribution >= 4 is 15.7 Å². The van der Waals surface area contributed by atoms with Gasteiger partial charge in [0.25, 0.3) is 0 Å². The summed E-state index contributed by atoms with van der Waals surface area (Å²) >= 11 is 0. The normalized spacial score (nSPS) is 19.4. The third-order valence-corrected chi connectivity index (χ3v) is 6.11. The summed E-state index contributed by atoms with van der Waals surface area (Å²) in [7, 11) is -3.53. The SMILES string of the molecule is O=S(=O)(c1ccccc1)N1CCC[C@H]1c1nnc2ccccn12. The van der Waals surface area contributed by atoms with Gasteiger partial charge in [-0.3, -0.25) is 4.40 Å². The largest absolute Gasteiger partial charge is 0.285 e. The highest BCUT2D eigenvalue weighted by molar-refractivity contribution is 7.89. The maximum atomic E-state index is 12.9. The van der Waals surface area contributed by atoms with Gasteiger partial charge in [-0.1, -0.05) is 24.3 Å². The first-order chi connectivity index (χ1) is 11.2. The first-order valence-corrected chi connectivity index (χ1v) is 8.98. The van der Waals surface area contributed by atoms with Crippen molar-refractivity contribution in [1.82, 2.24) is 18.9 Å². The van der Waals surface area contributed by atoms with E-state index in [9.17, 15) is 8.42 Å². The van der Waals surface area contributed by atoms with Gasteiger partial charge in [0, 0.05) is 12.7 Å². The summed E-state index contributed by atoms with van der Waals surface area (Å²) in [5.41, 5.74) is 0.728. The monoisotopic (exact) mass is 328 g/mol. The molecule has 23 heavy (non-hydrogen) atoms. The molecule has 0 aliphatic carbocycles. The Hall–Kier alpha value is -2.25. The van der Waals surface area contributed by atoms with Gasteiger partial charge in [0.15, 0.2) is 11.5 Å². The molecule has 0 spiro atoms. The predicted molar refractivity (Wildman–Crippen MR) is 85.3 cm³/mol. The van der Waals surface area contributed by atoms with Crippen LogP contribution >= 0.6 is 0 Å². The zero-order valence-corrected chi connectivity index (χ0v) is 13.2. The molecule has 0 amide bonds. The summed E-state index contributed by atoms with van der Waals surface area (Å²) in [5.74, 6) is 0.678. The Bertz CT molecular complexity index is 937. The van der Waals surface area contributed by atoms with Gasteiger partial charge in [-0.25, -0.2) is 8.42 Å². The van der Waals surface area contributed by atoms with E-state index in [-0.39, 0.29) is 6.04 Å². The predicted octanol–water partition coefficient (Wildman–Crippen LogP) is 2.26. The maximum absolute atomic E-state index is 12.9. The van der Waals surface area contributed by atoms with Crippen LogP contribution in [0.1, 0.15) is 24.7 Å². The number of hydrogen-bond acceptors (Lipinski definition) is 4. The second-order valence-corrected chi connectivity index (χ2v) is 7.46. The van der Waals surface area contributed by atoms with Crippen LogP contribution in [0.2, 0.25) is 0 Å². The lowest BCUT2D eigenvalue weighted by molar-refractivity contribution is 0.381. The van der Waals surface area contributed by atoms with E-state index in [1.807, 2.05) is 34.9 Å². The fourth-order valence-corrected chi connectivity index (χ4v) is 4.78. The van der Waals surface area contributed by atoms with E-state index in [0.29, 0.717) is 17.3 Å². The minimum absolute atomic E-state index is 0.280. The zero-order chi connectivity index (χ0) is 15.9. The topological polar surface area (TPSA) is 67.6 Å². The highest BCUT2D eigenvalue weighted by Gasteiger charge is 2.38. The van der Waals surface area contributed by atoms with Crippen molar-refractivity contribution in [2.75, 3.05) is 6.54 Å². The quantitative estimate of drug-likeness (QED) is 0.739. The van der Waals surface area contributed by atoms with Crippen LogP contribution in [0, 0.1) is 0 Å². The van der Waals surface area contributed by atoms with Crippen molar-refractivity contribution in [2.45, 2.75) is 23.8 Å². The molecule has 1 aromatic carbocycles. The number of pyridine rings is 1. The third-order valence-electron chi connectivity index (χ3n) is 4.19. The molecule has 0 saturated carbocycles. The third kappa shape index (κ3) is 2.32. The van der Waals surface area contributed by atoms with Crippen molar-refractivity contribution in [3.63, 3.8) is 0 Å². The second-order valence-electron chi connectivity index (χ2n) is 5.57. The first-order valence-electron chi connectivity index (χ1n) is 7.54. The molecule has 0 unspecified atom stereocenters. The molecule has 1 aliphatic rings. The van der Waals surface area contributed by atoms with E-state index in [0.717, 1.165) is 18.5 Å². The van der Waals surface area contributed by atoms with E-state index in [1.54, 1.807) is 28.6 Å².